The zero-order chi connectivity index (χ0) is 4.50. The van der Waals surface area contributed by atoms with Crippen LogP contribution in [0.1, 0.15) is 0 Å². The summed E-state index contributed by atoms with van der Waals surface area (Å²) in [5.41, 5.74) is 0. The van der Waals surface area contributed by atoms with E-state index in [-0.39, 0.29) is 59.1 Å². The van der Waals surface area contributed by atoms with Gasteiger partial charge in [-0.2, -0.15) is 21.3 Å². The van der Waals surface area contributed by atoms with Gasteiger partial charge >= 0.3 is 17.1 Å². The van der Waals surface area contributed by atoms with Gasteiger partial charge in [0, 0.05) is 23.1 Å². The van der Waals surface area contributed by atoms with Gasteiger partial charge in [-0.3, -0.25) is 0 Å². The Labute approximate surface area is 85.8 Å². The van der Waals surface area contributed by atoms with Gasteiger partial charge in [0.1, 0.15) is 0 Å². The van der Waals surface area contributed by atoms with Gasteiger partial charge < -0.3 is 24.7 Å². The molecular formula is H4FeMgO5PS. The first-order valence-corrected chi connectivity index (χ1v) is 2.19. The van der Waals surface area contributed by atoms with Crippen molar-refractivity contribution in [1.29, 1.82) is 0 Å². The van der Waals surface area contributed by atoms with Crippen LogP contribution in [0.2, 0.25) is 0 Å². The summed E-state index contributed by atoms with van der Waals surface area (Å²) in [4.78, 5) is 25.6. The minimum atomic E-state index is -5.39. The molecule has 9 heteroatoms. The number of phosphoric acid groups is 1. The van der Waals surface area contributed by atoms with Gasteiger partial charge in [0.2, 0.25) is 0 Å². The van der Waals surface area contributed by atoms with Crippen molar-refractivity contribution in [2.75, 3.05) is 0 Å². The van der Waals surface area contributed by atoms with Gasteiger partial charge in [-0.1, -0.05) is 0 Å². The average Bonchev–Trinajstić information content (AvgIpc) is 0.722. The Bertz CT molecular complexity index is 63.1. The zero-order valence-electron chi connectivity index (χ0n) is 4.14. The summed E-state index contributed by atoms with van der Waals surface area (Å²) in [5.74, 6) is 0. The van der Waals surface area contributed by atoms with E-state index >= 15 is 0 Å². The Kier molecular flexibility index (Phi) is 42.6. The van der Waals surface area contributed by atoms with Crippen LogP contribution in [0.4, 0.5) is 0 Å². The van der Waals surface area contributed by atoms with Crippen molar-refractivity contribution in [2.24, 2.45) is 0 Å². The molecule has 0 aromatic carbocycles. The second-order valence-electron chi connectivity index (χ2n) is 0.447. The molecule has 0 aliphatic rings. The summed E-state index contributed by atoms with van der Waals surface area (Å²) in [5, 5.41) is 0. The zero-order valence-corrected chi connectivity index (χ0v) is 8.55. The molecule has 0 spiro atoms. The molecule has 0 fully saturated rings. The molecule has 0 saturated heterocycles. The first-order valence-electron chi connectivity index (χ1n) is 0.730. The second-order valence-corrected chi connectivity index (χ2v) is 1.34. The molecule has 9 heavy (non-hydrogen) atoms. The maximum absolute atomic E-state index is 8.55. The molecule has 0 bridgehead atoms. The Balaban J connectivity index is -0.0000000133. The van der Waals surface area contributed by atoms with Crippen LogP contribution < -0.4 is 14.7 Å². The van der Waals surface area contributed by atoms with Crippen molar-refractivity contribution in [3.8, 4) is 0 Å². The van der Waals surface area contributed by atoms with Crippen LogP contribution in [0.25, 0.3) is 0 Å². The number of rotatable bonds is 0. The van der Waals surface area contributed by atoms with Crippen molar-refractivity contribution in [3.05, 3.63) is 0 Å². The molecule has 0 aromatic heterocycles. The molecule has 3 radical (unpaired) electrons. The predicted molar refractivity (Wildman–Crippen MR) is 27.4 cm³/mol. The third kappa shape index (κ3) is 198. The molecule has 5 nitrogen and oxygen atoms in total. The summed E-state index contributed by atoms with van der Waals surface area (Å²) < 4.78 is 8.55. The van der Waals surface area contributed by atoms with Crippen LogP contribution in [0.5, 0.6) is 0 Å². The molecule has 0 rings (SSSR count). The summed E-state index contributed by atoms with van der Waals surface area (Å²) in [7, 11) is -5.39. The molecule has 0 amide bonds. The average molecular weight is 227 g/mol. The molecular weight excluding hydrogens is 223 g/mol. The van der Waals surface area contributed by atoms with E-state index in [0.29, 0.717) is 0 Å². The van der Waals surface area contributed by atoms with Crippen LogP contribution in [0.15, 0.2) is 0 Å². The predicted octanol–water partition coefficient (Wildman–Crippen LogP) is -3.92. The van der Waals surface area contributed by atoms with Gasteiger partial charge in [-0.05, 0) is 0 Å². The molecule has 0 saturated carbocycles. The van der Waals surface area contributed by atoms with Crippen LogP contribution in [0, 0.1) is 0 Å². The molecule has 2 N–H and O–H groups in total. The smallest absolute Gasteiger partial charge is 0.822 e. The summed E-state index contributed by atoms with van der Waals surface area (Å²) in [6.45, 7) is 0. The van der Waals surface area contributed by atoms with Crippen molar-refractivity contribution in [3.63, 3.8) is 0 Å². The monoisotopic (exact) mass is 227 g/mol. The standard InChI is InChI=1S/Fe.Mg.H3O4P.H2O.H2S/c;;1-5(2,3)4;;/h;;(H3,1,2,3,4);2*1H2/q+3;;;;/p-3. The first-order chi connectivity index (χ1) is 2.00. The van der Waals surface area contributed by atoms with Crippen molar-refractivity contribution in [1.82, 2.24) is 0 Å². The van der Waals surface area contributed by atoms with Gasteiger partial charge in [0.25, 0.3) is 0 Å². The van der Waals surface area contributed by atoms with E-state index in [4.69, 9.17) is 19.2 Å². The van der Waals surface area contributed by atoms with E-state index in [1.165, 1.54) is 0 Å². The van der Waals surface area contributed by atoms with Crippen LogP contribution in [-0.2, 0) is 21.6 Å². The summed E-state index contributed by atoms with van der Waals surface area (Å²) in [6, 6.07) is 0. The van der Waals surface area contributed by atoms with E-state index in [0.717, 1.165) is 0 Å². The van der Waals surface area contributed by atoms with E-state index in [2.05, 4.69) is 0 Å². The first kappa shape index (κ1) is 31.0. The third-order valence-electron chi connectivity index (χ3n) is 0. The van der Waals surface area contributed by atoms with Gasteiger partial charge in [0.15, 0.2) is 0 Å². The van der Waals surface area contributed by atoms with Gasteiger partial charge in [-0.15, -0.1) is 0 Å². The van der Waals surface area contributed by atoms with Crippen LogP contribution >= 0.6 is 21.3 Å². The van der Waals surface area contributed by atoms with E-state index < -0.39 is 7.82 Å². The van der Waals surface area contributed by atoms with Crippen molar-refractivity contribution < 1.29 is 41.8 Å². The van der Waals surface area contributed by atoms with E-state index in [9.17, 15) is 0 Å². The van der Waals surface area contributed by atoms with E-state index in [1.54, 1.807) is 0 Å². The van der Waals surface area contributed by atoms with Crippen LogP contribution in [0.3, 0.4) is 0 Å². The third-order valence-corrected chi connectivity index (χ3v) is 0. The van der Waals surface area contributed by atoms with E-state index in [1.807, 2.05) is 0 Å². The normalized spacial score (nSPS) is 6.56. The number of hydrogen-bond acceptors (Lipinski definition) is 4. The molecule has 0 aliphatic carbocycles. The van der Waals surface area contributed by atoms with Crippen molar-refractivity contribution >= 4 is 44.4 Å². The molecule has 0 atom stereocenters. The fraction of sp³-hybridized carbons (Fsp3) is 0. The maximum Gasteiger partial charge on any atom is 3.00 e. The summed E-state index contributed by atoms with van der Waals surface area (Å²) >= 11 is 0. The quantitative estimate of drug-likeness (QED) is 0.310. The molecule has 0 unspecified atom stereocenters. The minimum absolute atomic E-state index is 0. The topological polar surface area (TPSA) is 118 Å². The Hall–Kier alpha value is 1.71. The maximum atomic E-state index is 8.55. The minimum Gasteiger partial charge on any atom is -0.822 e. The van der Waals surface area contributed by atoms with Gasteiger partial charge in [0.05, 0.1) is 0 Å². The molecule has 0 heterocycles. The molecule has 0 aliphatic heterocycles. The summed E-state index contributed by atoms with van der Waals surface area (Å²) in [6.07, 6.45) is 0. The van der Waals surface area contributed by atoms with Crippen molar-refractivity contribution in [2.45, 2.75) is 0 Å². The Morgan fingerprint density at radius 1 is 1.11 bits per heavy atom. The molecule has 0 aromatic rings. The van der Waals surface area contributed by atoms with Gasteiger partial charge in [-0.25, -0.2) is 0 Å². The Morgan fingerprint density at radius 3 is 1.11 bits per heavy atom. The fourth-order valence-corrected chi connectivity index (χ4v) is 0. The largest absolute Gasteiger partial charge is 3.00 e. The van der Waals surface area contributed by atoms with Crippen LogP contribution in [-0.4, -0.2) is 28.5 Å². The Morgan fingerprint density at radius 2 is 1.11 bits per heavy atom. The molecule has 55 valence electrons. The fourth-order valence-electron chi connectivity index (χ4n) is 0. The second kappa shape index (κ2) is 12.4. The number of hydrogen-bond donors (Lipinski definition) is 0. The SMILES string of the molecule is O.O=P([O-])([O-])[O-].S.[Fe+3].[Mg].